The maximum absolute atomic E-state index is 12.7. The fraction of sp³-hybridized carbons (Fsp3) is 0.538. The van der Waals surface area contributed by atoms with E-state index in [0.29, 0.717) is 28.6 Å². The van der Waals surface area contributed by atoms with Gasteiger partial charge in [-0.2, -0.15) is 13.2 Å². The minimum Gasteiger partial charge on any atom is -0.315 e. The molecule has 1 atom stereocenters. The fourth-order valence-electron chi connectivity index (χ4n) is 2.43. The summed E-state index contributed by atoms with van der Waals surface area (Å²) in [5.74, 6) is 0. The van der Waals surface area contributed by atoms with Gasteiger partial charge in [-0.1, -0.05) is 23.2 Å². The van der Waals surface area contributed by atoms with E-state index in [4.69, 9.17) is 23.2 Å². The lowest BCUT2D eigenvalue weighted by molar-refractivity contribution is -0.151. The zero-order valence-electron chi connectivity index (χ0n) is 10.7. The van der Waals surface area contributed by atoms with Crippen molar-refractivity contribution >= 4 is 23.2 Å². The van der Waals surface area contributed by atoms with E-state index in [1.165, 1.54) is 4.90 Å². The molecule has 0 bridgehead atoms. The second-order valence-corrected chi connectivity index (χ2v) is 5.82. The van der Waals surface area contributed by atoms with Gasteiger partial charge in [0.1, 0.15) is 0 Å². The van der Waals surface area contributed by atoms with E-state index in [1.54, 1.807) is 18.2 Å². The second-order valence-electron chi connectivity index (χ2n) is 4.94. The largest absolute Gasteiger partial charge is 0.401 e. The van der Waals surface area contributed by atoms with Gasteiger partial charge in [-0.25, -0.2) is 0 Å². The summed E-state index contributed by atoms with van der Waals surface area (Å²) in [6.07, 6.45) is -3.50. The lowest BCUT2D eigenvalue weighted by Crippen LogP contribution is -2.42. The molecule has 0 radical (unpaired) electrons. The van der Waals surface area contributed by atoms with Gasteiger partial charge in [0.05, 0.1) is 6.54 Å². The number of benzene rings is 1. The Bertz CT molecular complexity index is 439. The molecule has 1 aromatic rings. The maximum Gasteiger partial charge on any atom is 0.401 e. The van der Waals surface area contributed by atoms with Crippen LogP contribution >= 0.6 is 23.2 Å². The van der Waals surface area contributed by atoms with Gasteiger partial charge in [0.25, 0.3) is 0 Å². The molecule has 1 N–H and O–H groups in total. The molecule has 1 saturated heterocycles. The Hall–Kier alpha value is -0.490. The zero-order valence-corrected chi connectivity index (χ0v) is 12.2. The van der Waals surface area contributed by atoms with Crippen molar-refractivity contribution < 1.29 is 13.2 Å². The van der Waals surface area contributed by atoms with E-state index in [0.717, 1.165) is 6.54 Å². The van der Waals surface area contributed by atoms with E-state index in [1.807, 2.05) is 0 Å². The number of hydrogen-bond acceptors (Lipinski definition) is 2. The first kappa shape index (κ1) is 15.9. The summed E-state index contributed by atoms with van der Waals surface area (Å²) in [7, 11) is 0. The van der Waals surface area contributed by atoms with Crippen LogP contribution in [0.1, 0.15) is 12.0 Å². The van der Waals surface area contributed by atoms with Gasteiger partial charge >= 0.3 is 6.18 Å². The predicted molar refractivity (Wildman–Crippen MR) is 74.2 cm³/mol. The molecule has 1 aliphatic heterocycles. The Morgan fingerprint density at radius 3 is 2.35 bits per heavy atom. The van der Waals surface area contributed by atoms with Crippen LogP contribution in [0.4, 0.5) is 13.2 Å². The number of hydrogen-bond donors (Lipinski definition) is 1. The van der Waals surface area contributed by atoms with Crippen molar-refractivity contribution in [2.75, 3.05) is 19.6 Å². The zero-order chi connectivity index (χ0) is 14.8. The Morgan fingerprint density at radius 2 is 1.85 bits per heavy atom. The Labute approximate surface area is 125 Å². The van der Waals surface area contributed by atoms with Crippen LogP contribution in [-0.4, -0.2) is 36.8 Å². The average molecular weight is 327 g/mol. The average Bonchev–Trinajstić information content (AvgIpc) is 2.77. The number of nitrogens with one attached hydrogen (secondary N) is 1. The molecule has 20 heavy (non-hydrogen) atoms. The summed E-state index contributed by atoms with van der Waals surface area (Å²) >= 11 is 11.8. The number of nitrogens with zero attached hydrogens (tertiary/aromatic N) is 1. The molecule has 0 spiro atoms. The molecule has 7 heteroatoms. The van der Waals surface area contributed by atoms with E-state index in [2.05, 4.69) is 5.32 Å². The van der Waals surface area contributed by atoms with E-state index in [-0.39, 0.29) is 12.6 Å². The molecule has 0 saturated carbocycles. The first-order chi connectivity index (χ1) is 9.33. The highest BCUT2D eigenvalue weighted by molar-refractivity contribution is 6.34. The van der Waals surface area contributed by atoms with Crippen LogP contribution in [0.3, 0.4) is 0 Å². The third-order valence-electron chi connectivity index (χ3n) is 3.24. The summed E-state index contributed by atoms with van der Waals surface area (Å²) in [5.41, 5.74) is 0.693. The topological polar surface area (TPSA) is 15.3 Å². The molecule has 1 aromatic carbocycles. The summed E-state index contributed by atoms with van der Waals surface area (Å²) in [6.45, 7) is 0.579. The summed E-state index contributed by atoms with van der Waals surface area (Å²) in [4.78, 5) is 1.43. The number of rotatable bonds is 4. The minimum atomic E-state index is -4.22. The molecule has 0 aromatic heterocycles. The van der Waals surface area contributed by atoms with Crippen LogP contribution in [0.5, 0.6) is 0 Å². The summed E-state index contributed by atoms with van der Waals surface area (Å²) in [5, 5.41) is 3.95. The number of alkyl halides is 3. The minimum absolute atomic E-state index is 0.116. The SMILES string of the molecule is FC(F)(F)CN(Cc1cc(Cl)cc(Cl)c1)[C@H]1CCNC1. The van der Waals surface area contributed by atoms with Crippen LogP contribution < -0.4 is 5.32 Å². The van der Waals surface area contributed by atoms with Crippen molar-refractivity contribution in [3.05, 3.63) is 33.8 Å². The third kappa shape index (κ3) is 4.81. The Morgan fingerprint density at radius 1 is 1.20 bits per heavy atom. The van der Waals surface area contributed by atoms with Gasteiger partial charge in [0.15, 0.2) is 0 Å². The Kier molecular flexibility index (Phi) is 5.18. The normalized spacial score (nSPS) is 19.8. The lowest BCUT2D eigenvalue weighted by Gasteiger charge is -2.29. The highest BCUT2D eigenvalue weighted by Crippen LogP contribution is 2.25. The predicted octanol–water partition coefficient (Wildman–Crippen LogP) is 3.72. The summed E-state index contributed by atoms with van der Waals surface area (Å²) in [6, 6.07) is 4.75. The third-order valence-corrected chi connectivity index (χ3v) is 3.68. The molecule has 1 heterocycles. The second kappa shape index (κ2) is 6.52. The quantitative estimate of drug-likeness (QED) is 0.907. The molecule has 0 amide bonds. The lowest BCUT2D eigenvalue weighted by atomic mass is 10.1. The molecule has 2 rings (SSSR count). The van der Waals surface area contributed by atoms with Gasteiger partial charge in [-0.05, 0) is 36.7 Å². The van der Waals surface area contributed by atoms with Crippen molar-refractivity contribution in [1.29, 1.82) is 0 Å². The smallest absolute Gasteiger partial charge is 0.315 e. The molecule has 2 nitrogen and oxygen atoms in total. The van der Waals surface area contributed by atoms with Crippen LogP contribution in [0.25, 0.3) is 0 Å². The van der Waals surface area contributed by atoms with Gasteiger partial charge in [-0.3, -0.25) is 4.90 Å². The first-order valence-corrected chi connectivity index (χ1v) is 7.05. The van der Waals surface area contributed by atoms with Gasteiger partial charge < -0.3 is 5.32 Å². The van der Waals surface area contributed by atoms with Crippen LogP contribution in [0.2, 0.25) is 10.0 Å². The van der Waals surface area contributed by atoms with E-state index >= 15 is 0 Å². The molecule has 0 unspecified atom stereocenters. The van der Waals surface area contributed by atoms with Gasteiger partial charge in [0, 0.05) is 29.2 Å². The Balaban J connectivity index is 2.13. The molecular weight excluding hydrogens is 312 g/mol. The molecular formula is C13H15Cl2F3N2. The van der Waals surface area contributed by atoms with Crippen LogP contribution in [0.15, 0.2) is 18.2 Å². The van der Waals surface area contributed by atoms with E-state index < -0.39 is 12.7 Å². The van der Waals surface area contributed by atoms with Crippen LogP contribution in [-0.2, 0) is 6.54 Å². The van der Waals surface area contributed by atoms with E-state index in [9.17, 15) is 13.2 Å². The maximum atomic E-state index is 12.7. The molecule has 0 aliphatic carbocycles. The van der Waals surface area contributed by atoms with Crippen molar-refractivity contribution in [2.24, 2.45) is 0 Å². The molecule has 1 fully saturated rings. The van der Waals surface area contributed by atoms with Gasteiger partial charge in [-0.15, -0.1) is 0 Å². The fourth-order valence-corrected chi connectivity index (χ4v) is 3.00. The summed E-state index contributed by atoms with van der Waals surface area (Å²) < 4.78 is 38.1. The number of halogens is 5. The highest BCUT2D eigenvalue weighted by atomic mass is 35.5. The first-order valence-electron chi connectivity index (χ1n) is 6.30. The van der Waals surface area contributed by atoms with Crippen molar-refractivity contribution in [3.63, 3.8) is 0 Å². The van der Waals surface area contributed by atoms with Gasteiger partial charge in [0.2, 0.25) is 0 Å². The van der Waals surface area contributed by atoms with Crippen molar-refractivity contribution in [2.45, 2.75) is 25.2 Å². The van der Waals surface area contributed by atoms with Crippen molar-refractivity contribution in [1.82, 2.24) is 10.2 Å². The van der Waals surface area contributed by atoms with Crippen molar-refractivity contribution in [3.8, 4) is 0 Å². The monoisotopic (exact) mass is 326 g/mol. The van der Waals surface area contributed by atoms with Crippen LogP contribution in [0, 0.1) is 0 Å². The highest BCUT2D eigenvalue weighted by Gasteiger charge is 2.34. The molecule has 1 aliphatic rings. The molecule has 112 valence electrons. The standard InChI is InChI=1S/C13H15Cl2F3N2/c14-10-3-9(4-11(15)5-10)7-20(8-13(16,17)18)12-1-2-19-6-12/h3-5,12,19H,1-2,6-8H2/t12-/m0/s1.